The lowest BCUT2D eigenvalue weighted by Gasteiger charge is -2.18. The van der Waals surface area contributed by atoms with Gasteiger partial charge in [-0.2, -0.15) is 0 Å². The van der Waals surface area contributed by atoms with Gasteiger partial charge in [0.1, 0.15) is 6.10 Å². The van der Waals surface area contributed by atoms with E-state index in [0.717, 1.165) is 11.1 Å². The highest BCUT2D eigenvalue weighted by Crippen LogP contribution is 2.24. The molecule has 0 spiro atoms. The molecule has 3 N–H and O–H groups in total. The predicted octanol–water partition coefficient (Wildman–Crippen LogP) is 2.54. The zero-order valence-electron chi connectivity index (χ0n) is 11.1. The fraction of sp³-hybridized carbons (Fsp3) is 0.267. The van der Waals surface area contributed by atoms with Gasteiger partial charge in [0.25, 0.3) is 0 Å². The van der Waals surface area contributed by atoms with E-state index in [1.54, 1.807) is 12.2 Å². The molecule has 0 bridgehead atoms. The SMILES string of the molecule is C=C(C)[C@H](OC(=O)NC/C=C/CN)c1ccccc1. The number of rotatable bonds is 6. The maximum Gasteiger partial charge on any atom is 0.408 e. The van der Waals surface area contributed by atoms with Crippen LogP contribution in [-0.4, -0.2) is 19.2 Å². The number of hydrogen-bond acceptors (Lipinski definition) is 3. The Morgan fingerprint density at radius 1 is 1.42 bits per heavy atom. The third-order valence-corrected chi connectivity index (χ3v) is 2.44. The van der Waals surface area contributed by atoms with E-state index in [1.807, 2.05) is 37.3 Å². The summed E-state index contributed by atoms with van der Waals surface area (Å²) in [5.41, 5.74) is 6.98. The van der Waals surface area contributed by atoms with Crippen molar-refractivity contribution < 1.29 is 9.53 Å². The fourth-order valence-corrected chi connectivity index (χ4v) is 1.55. The number of nitrogens with one attached hydrogen (secondary N) is 1. The molecule has 1 aromatic carbocycles. The Morgan fingerprint density at radius 2 is 2.11 bits per heavy atom. The summed E-state index contributed by atoms with van der Waals surface area (Å²) in [6, 6.07) is 9.52. The van der Waals surface area contributed by atoms with Gasteiger partial charge in [-0.1, -0.05) is 49.1 Å². The van der Waals surface area contributed by atoms with Crippen LogP contribution in [0.5, 0.6) is 0 Å². The maximum atomic E-state index is 11.7. The van der Waals surface area contributed by atoms with Crippen molar-refractivity contribution >= 4 is 6.09 Å². The number of alkyl carbamates (subject to hydrolysis) is 1. The molecular formula is C15H20N2O2. The molecule has 0 aliphatic heterocycles. The number of benzene rings is 1. The van der Waals surface area contributed by atoms with Crippen LogP contribution in [0.2, 0.25) is 0 Å². The van der Waals surface area contributed by atoms with Gasteiger partial charge in [0.05, 0.1) is 0 Å². The molecule has 1 aromatic rings. The van der Waals surface area contributed by atoms with Crippen LogP contribution in [-0.2, 0) is 4.74 Å². The molecule has 0 saturated carbocycles. The Balaban J connectivity index is 2.58. The molecule has 0 aliphatic carbocycles. The Bertz CT molecular complexity index is 441. The standard InChI is InChI=1S/C15H20N2O2/c1-12(2)14(13-8-4-3-5-9-13)19-15(18)17-11-7-6-10-16/h3-9,14H,1,10-11,16H2,2H3,(H,17,18)/b7-6+/t14-/m0/s1. The third-order valence-electron chi connectivity index (χ3n) is 2.44. The number of nitrogens with two attached hydrogens (primary N) is 1. The monoisotopic (exact) mass is 260 g/mol. The largest absolute Gasteiger partial charge is 0.437 e. The highest BCUT2D eigenvalue weighted by Gasteiger charge is 2.16. The van der Waals surface area contributed by atoms with Crippen LogP contribution >= 0.6 is 0 Å². The van der Waals surface area contributed by atoms with Gasteiger partial charge >= 0.3 is 6.09 Å². The lowest BCUT2D eigenvalue weighted by atomic mass is 10.0. The van der Waals surface area contributed by atoms with Crippen LogP contribution in [0.4, 0.5) is 4.79 Å². The van der Waals surface area contributed by atoms with Crippen LogP contribution in [0.25, 0.3) is 0 Å². The normalized spacial score (nSPS) is 12.1. The molecule has 0 aliphatic rings. The average Bonchev–Trinajstić information content (AvgIpc) is 2.41. The molecule has 0 unspecified atom stereocenters. The van der Waals surface area contributed by atoms with Crippen molar-refractivity contribution in [3.8, 4) is 0 Å². The second kappa shape index (κ2) is 8.11. The zero-order valence-corrected chi connectivity index (χ0v) is 11.1. The first-order valence-electron chi connectivity index (χ1n) is 6.15. The number of carbonyl (C=O) groups is 1. The highest BCUT2D eigenvalue weighted by atomic mass is 16.6. The first-order valence-corrected chi connectivity index (χ1v) is 6.15. The molecule has 4 heteroatoms. The van der Waals surface area contributed by atoms with Crippen molar-refractivity contribution in [3.63, 3.8) is 0 Å². The minimum atomic E-state index is -0.474. The molecule has 4 nitrogen and oxygen atoms in total. The number of amides is 1. The number of carbonyl (C=O) groups excluding carboxylic acids is 1. The van der Waals surface area contributed by atoms with E-state index in [-0.39, 0.29) is 0 Å². The molecule has 1 amide bonds. The lowest BCUT2D eigenvalue weighted by Crippen LogP contribution is -2.26. The summed E-state index contributed by atoms with van der Waals surface area (Å²) in [4.78, 5) is 11.7. The molecule has 19 heavy (non-hydrogen) atoms. The molecule has 0 aromatic heterocycles. The van der Waals surface area contributed by atoms with Gasteiger partial charge in [-0.05, 0) is 18.1 Å². The van der Waals surface area contributed by atoms with Crippen LogP contribution < -0.4 is 11.1 Å². The third kappa shape index (κ3) is 5.40. The molecule has 102 valence electrons. The second-order valence-electron chi connectivity index (χ2n) is 4.13. The Hall–Kier alpha value is -2.07. The van der Waals surface area contributed by atoms with E-state index >= 15 is 0 Å². The van der Waals surface area contributed by atoms with E-state index in [2.05, 4.69) is 11.9 Å². The van der Waals surface area contributed by atoms with Crippen LogP contribution in [0.3, 0.4) is 0 Å². The van der Waals surface area contributed by atoms with Crippen molar-refractivity contribution in [1.82, 2.24) is 5.32 Å². The molecular weight excluding hydrogens is 240 g/mol. The van der Waals surface area contributed by atoms with Gasteiger partial charge in [-0.25, -0.2) is 4.79 Å². The van der Waals surface area contributed by atoms with Gasteiger partial charge in [0.15, 0.2) is 0 Å². The summed E-state index contributed by atoms with van der Waals surface area (Å²) in [5, 5.41) is 2.63. The number of hydrogen-bond donors (Lipinski definition) is 2. The van der Waals surface area contributed by atoms with Crippen molar-refractivity contribution in [3.05, 3.63) is 60.2 Å². The van der Waals surface area contributed by atoms with E-state index in [1.165, 1.54) is 0 Å². The molecule has 0 fully saturated rings. The van der Waals surface area contributed by atoms with Gasteiger partial charge in [0.2, 0.25) is 0 Å². The lowest BCUT2D eigenvalue weighted by molar-refractivity contribution is 0.116. The summed E-state index contributed by atoms with van der Waals surface area (Å²) in [6.07, 6.45) is 2.64. The van der Waals surface area contributed by atoms with E-state index in [9.17, 15) is 4.79 Å². The molecule has 0 saturated heterocycles. The molecule has 1 atom stereocenters. The van der Waals surface area contributed by atoms with Crippen molar-refractivity contribution in [1.29, 1.82) is 0 Å². The second-order valence-corrected chi connectivity index (χ2v) is 4.13. The van der Waals surface area contributed by atoms with Gasteiger partial charge in [0, 0.05) is 13.1 Å². The quantitative estimate of drug-likeness (QED) is 0.772. The average molecular weight is 260 g/mol. The van der Waals surface area contributed by atoms with Gasteiger partial charge < -0.3 is 15.8 Å². The van der Waals surface area contributed by atoms with Gasteiger partial charge in [-0.15, -0.1) is 0 Å². The van der Waals surface area contributed by atoms with Crippen LogP contribution in [0.15, 0.2) is 54.6 Å². The van der Waals surface area contributed by atoms with Crippen LogP contribution in [0.1, 0.15) is 18.6 Å². The minimum Gasteiger partial charge on any atom is -0.437 e. The van der Waals surface area contributed by atoms with E-state index in [0.29, 0.717) is 13.1 Å². The van der Waals surface area contributed by atoms with E-state index < -0.39 is 12.2 Å². The summed E-state index contributed by atoms with van der Waals surface area (Å²) in [7, 11) is 0. The fourth-order valence-electron chi connectivity index (χ4n) is 1.55. The van der Waals surface area contributed by atoms with Crippen LogP contribution in [0, 0.1) is 0 Å². The van der Waals surface area contributed by atoms with Crippen molar-refractivity contribution in [2.24, 2.45) is 5.73 Å². The van der Waals surface area contributed by atoms with Crippen molar-refractivity contribution in [2.75, 3.05) is 13.1 Å². The Labute approximate surface area is 114 Å². The van der Waals surface area contributed by atoms with Crippen molar-refractivity contribution in [2.45, 2.75) is 13.0 Å². The molecule has 0 heterocycles. The first-order chi connectivity index (χ1) is 9.15. The summed E-state index contributed by atoms with van der Waals surface area (Å²) < 4.78 is 5.36. The first kappa shape index (κ1) is 15.0. The predicted molar refractivity (Wildman–Crippen MR) is 76.7 cm³/mol. The van der Waals surface area contributed by atoms with E-state index in [4.69, 9.17) is 10.5 Å². The Morgan fingerprint density at radius 3 is 2.68 bits per heavy atom. The highest BCUT2D eigenvalue weighted by molar-refractivity contribution is 5.68. The maximum absolute atomic E-state index is 11.7. The van der Waals surface area contributed by atoms with Gasteiger partial charge in [-0.3, -0.25) is 0 Å². The summed E-state index contributed by atoms with van der Waals surface area (Å²) >= 11 is 0. The summed E-state index contributed by atoms with van der Waals surface area (Å²) in [5.74, 6) is 0. The molecule has 1 rings (SSSR count). The minimum absolute atomic E-state index is 0.397. The molecule has 0 radical (unpaired) electrons. The summed E-state index contributed by atoms with van der Waals surface area (Å²) in [6.45, 7) is 6.54. The smallest absolute Gasteiger partial charge is 0.408 e. The zero-order chi connectivity index (χ0) is 14.1. The topological polar surface area (TPSA) is 64.3 Å². The number of ether oxygens (including phenoxy) is 1. The Kier molecular flexibility index (Phi) is 6.39.